The number of piperazine rings is 1. The molecule has 0 radical (unpaired) electrons. The summed E-state index contributed by atoms with van der Waals surface area (Å²) in [6, 6.07) is 9.13. The molecule has 0 N–H and O–H groups in total. The summed E-state index contributed by atoms with van der Waals surface area (Å²) < 4.78 is 32.1. The molecule has 158 valence electrons. The van der Waals surface area contributed by atoms with Crippen molar-refractivity contribution in [1.29, 1.82) is 0 Å². The predicted molar refractivity (Wildman–Crippen MR) is 115 cm³/mol. The van der Waals surface area contributed by atoms with Crippen LogP contribution < -0.4 is 0 Å². The van der Waals surface area contributed by atoms with E-state index in [2.05, 4.69) is 9.47 Å². The maximum Gasteiger partial charge on any atom is 0.243 e. The molecule has 1 saturated heterocycles. The Morgan fingerprint density at radius 1 is 1.03 bits per heavy atom. The van der Waals surface area contributed by atoms with Crippen molar-refractivity contribution >= 4 is 22.2 Å². The van der Waals surface area contributed by atoms with E-state index >= 15 is 0 Å². The van der Waals surface area contributed by atoms with Crippen LogP contribution in [0.3, 0.4) is 0 Å². The average Bonchev–Trinajstić information content (AvgIpc) is 3.02. The first-order valence-corrected chi connectivity index (χ1v) is 12.2. The van der Waals surface area contributed by atoms with Crippen molar-refractivity contribution in [2.24, 2.45) is 0 Å². The van der Waals surface area contributed by atoms with E-state index in [9.17, 15) is 8.42 Å². The number of nitrogens with zero attached hydrogens (tertiary/aromatic N) is 5. The van der Waals surface area contributed by atoms with Gasteiger partial charge in [-0.15, -0.1) is 0 Å². The van der Waals surface area contributed by atoms with Gasteiger partial charge in [-0.3, -0.25) is 4.90 Å². The van der Waals surface area contributed by atoms with Gasteiger partial charge in [0, 0.05) is 32.2 Å². The fourth-order valence-corrected chi connectivity index (χ4v) is 6.25. The zero-order valence-electron chi connectivity index (χ0n) is 16.9. The SMILES string of the molecule is Cc1nn(CN2CCN(S(=O)(=O)c3ccccc3)CC2)c(=S)n1C1CCCCC1. The van der Waals surface area contributed by atoms with Gasteiger partial charge >= 0.3 is 0 Å². The third-order valence-electron chi connectivity index (χ3n) is 6.03. The van der Waals surface area contributed by atoms with Crippen molar-refractivity contribution in [3.8, 4) is 0 Å². The second kappa shape index (κ2) is 8.67. The third-order valence-corrected chi connectivity index (χ3v) is 8.35. The second-order valence-electron chi connectivity index (χ2n) is 7.97. The number of sulfonamides is 1. The standard InChI is InChI=1S/C20H29N5O2S2/c1-17-21-24(20(28)25(17)18-8-4-2-5-9-18)16-22-12-14-23(15-13-22)29(26,27)19-10-6-3-7-11-19/h3,6-7,10-11,18H,2,4-5,8-9,12-16H2,1H3. The van der Waals surface area contributed by atoms with E-state index in [-0.39, 0.29) is 0 Å². The Labute approximate surface area is 178 Å². The van der Waals surface area contributed by atoms with Gasteiger partial charge < -0.3 is 4.57 Å². The predicted octanol–water partition coefficient (Wildman–Crippen LogP) is 3.19. The van der Waals surface area contributed by atoms with Crippen LogP contribution in [-0.4, -0.2) is 58.1 Å². The van der Waals surface area contributed by atoms with Crippen molar-refractivity contribution in [3.05, 3.63) is 40.9 Å². The Balaban J connectivity index is 1.41. The first-order chi connectivity index (χ1) is 14.0. The van der Waals surface area contributed by atoms with Crippen molar-refractivity contribution < 1.29 is 8.42 Å². The Hall–Kier alpha value is -1.55. The molecule has 2 heterocycles. The Morgan fingerprint density at radius 3 is 2.34 bits per heavy atom. The fourth-order valence-electron chi connectivity index (χ4n) is 4.42. The lowest BCUT2D eigenvalue weighted by molar-refractivity contribution is 0.144. The number of hydrogen-bond donors (Lipinski definition) is 0. The molecule has 0 bridgehead atoms. The molecule has 1 aromatic heterocycles. The van der Waals surface area contributed by atoms with Gasteiger partial charge in [-0.25, -0.2) is 13.1 Å². The average molecular weight is 436 g/mol. The van der Waals surface area contributed by atoms with E-state index in [0.29, 0.717) is 43.8 Å². The van der Waals surface area contributed by atoms with Gasteiger partial charge in [0.1, 0.15) is 5.82 Å². The summed E-state index contributed by atoms with van der Waals surface area (Å²) in [5, 5.41) is 4.70. The van der Waals surface area contributed by atoms with Gasteiger partial charge in [-0.05, 0) is 44.1 Å². The number of aromatic nitrogens is 3. The van der Waals surface area contributed by atoms with Crippen LogP contribution in [0.5, 0.6) is 0 Å². The highest BCUT2D eigenvalue weighted by molar-refractivity contribution is 7.89. The van der Waals surface area contributed by atoms with Gasteiger partial charge in [0.15, 0.2) is 4.77 Å². The van der Waals surface area contributed by atoms with Crippen molar-refractivity contribution in [2.75, 3.05) is 26.2 Å². The van der Waals surface area contributed by atoms with Crippen LogP contribution in [0.15, 0.2) is 35.2 Å². The van der Waals surface area contributed by atoms with Crippen LogP contribution >= 0.6 is 12.2 Å². The lowest BCUT2D eigenvalue weighted by atomic mass is 9.95. The van der Waals surface area contributed by atoms with E-state index in [1.165, 1.54) is 32.1 Å². The summed E-state index contributed by atoms with van der Waals surface area (Å²) in [6.45, 7) is 4.94. The van der Waals surface area contributed by atoms with Gasteiger partial charge in [0.05, 0.1) is 11.6 Å². The largest absolute Gasteiger partial charge is 0.301 e. The third kappa shape index (κ3) is 4.33. The van der Waals surface area contributed by atoms with E-state index in [1.807, 2.05) is 17.7 Å². The molecule has 2 fully saturated rings. The van der Waals surface area contributed by atoms with E-state index in [4.69, 9.17) is 17.3 Å². The molecular weight excluding hydrogens is 406 g/mol. The maximum atomic E-state index is 12.8. The Morgan fingerprint density at radius 2 is 1.69 bits per heavy atom. The van der Waals surface area contributed by atoms with Crippen molar-refractivity contribution in [1.82, 2.24) is 23.6 Å². The number of aryl methyl sites for hydroxylation is 1. The molecule has 2 aliphatic rings. The molecule has 1 aliphatic heterocycles. The molecule has 4 rings (SSSR count). The first-order valence-electron chi connectivity index (χ1n) is 10.4. The molecule has 0 spiro atoms. The maximum absolute atomic E-state index is 12.8. The minimum Gasteiger partial charge on any atom is -0.301 e. The minimum absolute atomic E-state index is 0.359. The summed E-state index contributed by atoms with van der Waals surface area (Å²) in [5.41, 5.74) is 0. The molecule has 1 saturated carbocycles. The van der Waals surface area contributed by atoms with Crippen LogP contribution in [0.2, 0.25) is 0 Å². The van der Waals surface area contributed by atoms with E-state index < -0.39 is 10.0 Å². The summed E-state index contributed by atoms with van der Waals surface area (Å²) in [7, 11) is -3.42. The van der Waals surface area contributed by atoms with E-state index in [1.54, 1.807) is 28.6 Å². The highest BCUT2D eigenvalue weighted by Gasteiger charge is 2.29. The van der Waals surface area contributed by atoms with Crippen LogP contribution in [0.1, 0.15) is 44.0 Å². The number of benzene rings is 1. The quantitative estimate of drug-likeness (QED) is 0.675. The highest BCUT2D eigenvalue weighted by atomic mass is 32.2. The zero-order valence-corrected chi connectivity index (χ0v) is 18.5. The molecule has 0 amide bonds. The molecule has 0 unspecified atom stereocenters. The summed E-state index contributed by atoms with van der Waals surface area (Å²) in [6.07, 6.45) is 6.19. The lowest BCUT2D eigenvalue weighted by Gasteiger charge is -2.33. The Bertz CT molecular complexity index is 986. The van der Waals surface area contributed by atoms with Gasteiger partial charge in [0.2, 0.25) is 10.0 Å². The number of hydrogen-bond acceptors (Lipinski definition) is 5. The fraction of sp³-hybridized carbons (Fsp3) is 0.600. The Kier molecular flexibility index (Phi) is 6.19. The summed E-state index contributed by atoms with van der Waals surface area (Å²) in [5.74, 6) is 0.979. The topological polar surface area (TPSA) is 63.4 Å². The highest BCUT2D eigenvalue weighted by Crippen LogP contribution is 2.29. The molecule has 1 aromatic carbocycles. The molecule has 0 atom stereocenters. The van der Waals surface area contributed by atoms with Crippen LogP contribution in [0, 0.1) is 11.7 Å². The van der Waals surface area contributed by atoms with Crippen LogP contribution in [-0.2, 0) is 16.7 Å². The summed E-state index contributed by atoms with van der Waals surface area (Å²) in [4.78, 5) is 2.59. The smallest absolute Gasteiger partial charge is 0.243 e. The summed E-state index contributed by atoms with van der Waals surface area (Å²) >= 11 is 5.74. The lowest BCUT2D eigenvalue weighted by Crippen LogP contribution is -2.48. The van der Waals surface area contributed by atoms with Crippen molar-refractivity contribution in [3.63, 3.8) is 0 Å². The number of rotatable bonds is 5. The zero-order chi connectivity index (χ0) is 20.4. The minimum atomic E-state index is -3.42. The molecule has 1 aliphatic carbocycles. The van der Waals surface area contributed by atoms with Gasteiger partial charge in [-0.2, -0.15) is 9.40 Å². The van der Waals surface area contributed by atoms with Crippen LogP contribution in [0.4, 0.5) is 0 Å². The van der Waals surface area contributed by atoms with Crippen LogP contribution in [0.25, 0.3) is 0 Å². The molecule has 29 heavy (non-hydrogen) atoms. The molecule has 2 aromatic rings. The molecule has 7 nitrogen and oxygen atoms in total. The van der Waals surface area contributed by atoms with Gasteiger partial charge in [-0.1, -0.05) is 37.5 Å². The van der Waals surface area contributed by atoms with Crippen molar-refractivity contribution in [2.45, 2.75) is 56.6 Å². The normalized spacial score (nSPS) is 20.2. The monoisotopic (exact) mass is 435 g/mol. The molecule has 9 heteroatoms. The van der Waals surface area contributed by atoms with E-state index in [0.717, 1.165) is 10.6 Å². The molecular formula is C20H29N5O2S2. The first kappa shape index (κ1) is 20.7. The second-order valence-corrected chi connectivity index (χ2v) is 10.3. The van der Waals surface area contributed by atoms with Gasteiger partial charge in [0.25, 0.3) is 0 Å².